The lowest BCUT2D eigenvalue weighted by atomic mass is 10.1. The van der Waals surface area contributed by atoms with Crippen LogP contribution in [0.1, 0.15) is 5.56 Å². The number of nitro groups is 1. The van der Waals surface area contributed by atoms with Crippen LogP contribution in [-0.4, -0.2) is 45.5 Å². The number of rotatable bonds is 10. The SMILES string of the molecule is COCCOCCNCc1cc([N+](=O)[O-])ccc1OC. The minimum atomic E-state index is -0.420. The Morgan fingerprint density at radius 2 is 2.05 bits per heavy atom. The maximum Gasteiger partial charge on any atom is 0.270 e. The molecule has 0 radical (unpaired) electrons. The van der Waals surface area contributed by atoms with Crippen LogP contribution in [0.4, 0.5) is 5.69 Å². The van der Waals surface area contributed by atoms with Gasteiger partial charge in [-0.05, 0) is 6.07 Å². The summed E-state index contributed by atoms with van der Waals surface area (Å²) in [5.74, 6) is 0.628. The first-order valence-corrected chi connectivity index (χ1v) is 6.27. The van der Waals surface area contributed by atoms with Gasteiger partial charge in [0.15, 0.2) is 0 Å². The molecule has 0 aliphatic rings. The molecule has 0 fully saturated rings. The Labute approximate surface area is 118 Å². The molecule has 0 aromatic heterocycles. The molecule has 20 heavy (non-hydrogen) atoms. The van der Waals surface area contributed by atoms with Crippen LogP contribution in [-0.2, 0) is 16.0 Å². The fourth-order valence-corrected chi connectivity index (χ4v) is 1.63. The quantitative estimate of drug-likeness (QED) is 0.397. The van der Waals surface area contributed by atoms with Crippen LogP contribution in [0.15, 0.2) is 18.2 Å². The van der Waals surface area contributed by atoms with E-state index < -0.39 is 4.92 Å². The van der Waals surface area contributed by atoms with Gasteiger partial charge in [-0.15, -0.1) is 0 Å². The first-order chi connectivity index (χ1) is 9.69. The maximum absolute atomic E-state index is 10.7. The third-order valence-electron chi connectivity index (χ3n) is 2.65. The molecule has 0 saturated carbocycles. The molecule has 7 nitrogen and oxygen atoms in total. The zero-order chi connectivity index (χ0) is 14.8. The summed E-state index contributed by atoms with van der Waals surface area (Å²) >= 11 is 0. The summed E-state index contributed by atoms with van der Waals surface area (Å²) in [4.78, 5) is 10.3. The van der Waals surface area contributed by atoms with Gasteiger partial charge < -0.3 is 19.5 Å². The maximum atomic E-state index is 10.7. The third-order valence-corrected chi connectivity index (χ3v) is 2.65. The van der Waals surface area contributed by atoms with Crippen LogP contribution in [0.3, 0.4) is 0 Å². The van der Waals surface area contributed by atoms with Gasteiger partial charge in [0.25, 0.3) is 5.69 Å². The number of ether oxygens (including phenoxy) is 3. The third kappa shape index (κ3) is 5.52. The van der Waals surface area contributed by atoms with Crippen molar-refractivity contribution in [1.29, 1.82) is 0 Å². The Morgan fingerprint density at radius 1 is 1.25 bits per heavy atom. The van der Waals surface area contributed by atoms with Crippen molar-refractivity contribution in [1.82, 2.24) is 5.32 Å². The fourth-order valence-electron chi connectivity index (χ4n) is 1.63. The number of hydrogen-bond acceptors (Lipinski definition) is 6. The molecule has 0 atom stereocenters. The van der Waals surface area contributed by atoms with Gasteiger partial charge in [0, 0.05) is 37.9 Å². The Kier molecular flexibility index (Phi) is 7.56. The van der Waals surface area contributed by atoms with Crippen LogP contribution in [0.25, 0.3) is 0 Å². The Morgan fingerprint density at radius 3 is 2.70 bits per heavy atom. The number of benzene rings is 1. The van der Waals surface area contributed by atoms with Crippen molar-refractivity contribution in [3.05, 3.63) is 33.9 Å². The molecule has 1 aromatic rings. The van der Waals surface area contributed by atoms with Gasteiger partial charge in [-0.2, -0.15) is 0 Å². The molecule has 1 aromatic carbocycles. The van der Waals surface area contributed by atoms with E-state index in [0.29, 0.717) is 38.7 Å². The fraction of sp³-hybridized carbons (Fsp3) is 0.538. The monoisotopic (exact) mass is 284 g/mol. The van der Waals surface area contributed by atoms with Crippen LogP contribution >= 0.6 is 0 Å². The van der Waals surface area contributed by atoms with E-state index >= 15 is 0 Å². The molecule has 0 unspecified atom stereocenters. The van der Waals surface area contributed by atoms with E-state index in [0.717, 1.165) is 5.56 Å². The number of non-ortho nitro benzene ring substituents is 1. The van der Waals surface area contributed by atoms with Crippen LogP contribution < -0.4 is 10.1 Å². The molecule has 0 heterocycles. The number of nitrogens with one attached hydrogen (secondary N) is 1. The largest absolute Gasteiger partial charge is 0.496 e. The minimum absolute atomic E-state index is 0.0546. The van der Waals surface area contributed by atoms with Gasteiger partial charge in [0.1, 0.15) is 5.75 Å². The van der Waals surface area contributed by atoms with Crippen molar-refractivity contribution >= 4 is 5.69 Å². The average molecular weight is 284 g/mol. The predicted octanol–water partition coefficient (Wildman–Crippen LogP) is 1.36. The zero-order valence-electron chi connectivity index (χ0n) is 11.8. The van der Waals surface area contributed by atoms with Gasteiger partial charge in [-0.25, -0.2) is 0 Å². The summed E-state index contributed by atoms with van der Waals surface area (Å²) < 4.78 is 15.3. The van der Waals surface area contributed by atoms with Crippen molar-refractivity contribution in [2.75, 3.05) is 40.6 Å². The second kappa shape index (κ2) is 9.24. The van der Waals surface area contributed by atoms with Crippen LogP contribution in [0, 0.1) is 10.1 Å². The van der Waals surface area contributed by atoms with Gasteiger partial charge in [-0.3, -0.25) is 10.1 Å². The van der Waals surface area contributed by atoms with E-state index in [1.807, 2.05) is 0 Å². The van der Waals surface area contributed by atoms with Crippen LogP contribution in [0.2, 0.25) is 0 Å². The van der Waals surface area contributed by atoms with E-state index in [4.69, 9.17) is 14.2 Å². The number of hydrogen-bond donors (Lipinski definition) is 1. The molecule has 1 N–H and O–H groups in total. The molecule has 1 rings (SSSR count). The van der Waals surface area contributed by atoms with Crippen molar-refractivity contribution < 1.29 is 19.1 Å². The minimum Gasteiger partial charge on any atom is -0.496 e. The number of nitrogens with zero attached hydrogens (tertiary/aromatic N) is 1. The highest BCUT2D eigenvalue weighted by atomic mass is 16.6. The van der Waals surface area contributed by atoms with Crippen molar-refractivity contribution in [2.24, 2.45) is 0 Å². The Bertz CT molecular complexity index is 425. The highest BCUT2D eigenvalue weighted by Gasteiger charge is 2.10. The zero-order valence-corrected chi connectivity index (χ0v) is 11.8. The van der Waals surface area contributed by atoms with Gasteiger partial charge in [0.05, 0.1) is 31.9 Å². The van der Waals surface area contributed by atoms with E-state index in [9.17, 15) is 10.1 Å². The molecule has 0 aliphatic heterocycles. The number of nitro benzene ring substituents is 1. The smallest absolute Gasteiger partial charge is 0.270 e. The van der Waals surface area contributed by atoms with Crippen molar-refractivity contribution in [3.63, 3.8) is 0 Å². The molecule has 0 aliphatic carbocycles. The summed E-state index contributed by atoms with van der Waals surface area (Å²) in [5.41, 5.74) is 0.803. The lowest BCUT2D eigenvalue weighted by Gasteiger charge is -2.10. The summed E-state index contributed by atoms with van der Waals surface area (Å²) in [5, 5.41) is 13.9. The van der Waals surface area contributed by atoms with Crippen molar-refractivity contribution in [3.8, 4) is 5.75 Å². The molecule has 0 saturated heterocycles. The van der Waals surface area contributed by atoms with E-state index in [1.165, 1.54) is 12.1 Å². The molecule has 112 valence electrons. The van der Waals surface area contributed by atoms with Crippen LogP contribution in [0.5, 0.6) is 5.75 Å². The standard InChI is InChI=1S/C13H20N2O5/c1-18-7-8-20-6-5-14-10-11-9-12(15(16)17)3-4-13(11)19-2/h3-4,9,14H,5-8,10H2,1-2H3. The highest BCUT2D eigenvalue weighted by Crippen LogP contribution is 2.23. The molecular weight excluding hydrogens is 264 g/mol. The average Bonchev–Trinajstić information content (AvgIpc) is 2.46. The first-order valence-electron chi connectivity index (χ1n) is 6.27. The molecule has 0 amide bonds. The van der Waals surface area contributed by atoms with E-state index in [-0.39, 0.29) is 5.69 Å². The second-order valence-electron chi connectivity index (χ2n) is 4.04. The van der Waals surface area contributed by atoms with Crippen molar-refractivity contribution in [2.45, 2.75) is 6.54 Å². The second-order valence-corrected chi connectivity index (χ2v) is 4.04. The van der Waals surface area contributed by atoms with Gasteiger partial charge >= 0.3 is 0 Å². The molecular formula is C13H20N2O5. The molecule has 0 spiro atoms. The van der Waals surface area contributed by atoms with Gasteiger partial charge in [0.2, 0.25) is 0 Å². The van der Waals surface area contributed by atoms with E-state index in [2.05, 4.69) is 5.32 Å². The van der Waals surface area contributed by atoms with E-state index in [1.54, 1.807) is 20.3 Å². The Hall–Kier alpha value is -1.70. The lowest BCUT2D eigenvalue weighted by Crippen LogP contribution is -2.20. The normalized spacial score (nSPS) is 10.5. The Balaban J connectivity index is 2.41. The first kappa shape index (κ1) is 16.4. The lowest BCUT2D eigenvalue weighted by molar-refractivity contribution is -0.384. The number of methoxy groups -OCH3 is 2. The predicted molar refractivity (Wildman–Crippen MR) is 74.1 cm³/mol. The summed E-state index contributed by atoms with van der Waals surface area (Å²) in [6.07, 6.45) is 0. The highest BCUT2D eigenvalue weighted by molar-refractivity contribution is 5.43. The molecule has 7 heteroatoms. The summed E-state index contributed by atoms with van der Waals surface area (Å²) in [6, 6.07) is 4.54. The summed E-state index contributed by atoms with van der Waals surface area (Å²) in [7, 11) is 3.16. The van der Waals surface area contributed by atoms with Gasteiger partial charge in [-0.1, -0.05) is 0 Å². The summed E-state index contributed by atoms with van der Waals surface area (Å²) in [6.45, 7) is 2.81. The molecule has 0 bridgehead atoms. The topological polar surface area (TPSA) is 82.9 Å².